The summed E-state index contributed by atoms with van der Waals surface area (Å²) in [5.74, 6) is -0.440. The number of likely N-dealkylation sites (tertiary alicyclic amines) is 1. The first-order chi connectivity index (χ1) is 13.9. The van der Waals surface area contributed by atoms with Crippen LogP contribution < -0.4 is 0 Å². The van der Waals surface area contributed by atoms with Gasteiger partial charge in [-0.2, -0.15) is 0 Å². The number of benzene rings is 3. The summed E-state index contributed by atoms with van der Waals surface area (Å²) in [6, 6.07) is 23.0. The quantitative estimate of drug-likeness (QED) is 0.350. The van der Waals surface area contributed by atoms with Crippen LogP contribution in [0.3, 0.4) is 0 Å². The van der Waals surface area contributed by atoms with Crippen LogP contribution in [0, 0.1) is 9.39 Å². The zero-order chi connectivity index (χ0) is 20.5. The average Bonchev–Trinajstić information content (AvgIpc) is 3.15. The molecule has 0 unspecified atom stereocenters. The molecule has 29 heavy (non-hydrogen) atoms. The van der Waals surface area contributed by atoms with Crippen LogP contribution in [0.15, 0.2) is 83.8 Å². The van der Waals surface area contributed by atoms with E-state index in [1.807, 2.05) is 42.5 Å². The fraction of sp³-hybridized carbons (Fsp3) is 0.217. The Labute approximate surface area is 184 Å². The van der Waals surface area contributed by atoms with Crippen LogP contribution in [0.1, 0.15) is 17.5 Å². The predicted octanol–water partition coefficient (Wildman–Crippen LogP) is 5.01. The zero-order valence-electron chi connectivity index (χ0n) is 15.8. The van der Waals surface area contributed by atoms with Crippen molar-refractivity contribution in [2.75, 3.05) is 13.1 Å². The molecule has 0 aromatic heterocycles. The van der Waals surface area contributed by atoms with Crippen molar-refractivity contribution in [2.45, 2.75) is 22.6 Å². The highest BCUT2D eigenvalue weighted by Crippen LogP contribution is 2.43. The molecule has 0 radical (unpaired) electrons. The third kappa shape index (κ3) is 3.98. The van der Waals surface area contributed by atoms with Crippen LogP contribution in [0.4, 0.5) is 4.39 Å². The largest absolute Gasteiger partial charge is 0.297 e. The maximum Gasteiger partial charge on any atom is 0.189 e. The Kier molecular flexibility index (Phi) is 5.77. The summed E-state index contributed by atoms with van der Waals surface area (Å²) < 4.78 is 41.0. The minimum absolute atomic E-state index is 0.166. The number of sulfone groups is 1. The number of halogens is 2. The molecular formula is C23H21FINO2S. The van der Waals surface area contributed by atoms with Gasteiger partial charge in [-0.25, -0.2) is 12.8 Å². The number of rotatable bonds is 5. The topological polar surface area (TPSA) is 37.4 Å². The molecule has 1 fully saturated rings. The van der Waals surface area contributed by atoms with E-state index in [0.29, 0.717) is 26.1 Å². The van der Waals surface area contributed by atoms with Crippen molar-refractivity contribution in [3.05, 3.63) is 99.4 Å². The van der Waals surface area contributed by atoms with Crippen molar-refractivity contribution in [2.24, 2.45) is 0 Å². The maximum absolute atomic E-state index is 13.8. The molecule has 3 nitrogen and oxygen atoms in total. The van der Waals surface area contributed by atoms with Crippen molar-refractivity contribution < 1.29 is 12.8 Å². The lowest BCUT2D eigenvalue weighted by Crippen LogP contribution is -2.39. The first kappa shape index (κ1) is 20.5. The Bertz CT molecular complexity index is 1090. The minimum Gasteiger partial charge on any atom is -0.297 e. The molecule has 0 spiro atoms. The molecule has 0 N–H and O–H groups in total. The van der Waals surface area contributed by atoms with Gasteiger partial charge in [-0.15, -0.1) is 0 Å². The third-order valence-corrected chi connectivity index (χ3v) is 8.78. The van der Waals surface area contributed by atoms with E-state index in [1.54, 1.807) is 0 Å². The SMILES string of the molecule is O=S(=O)(c1ccc(F)cc1)[C@]1(c2ccc(I)cc2)CCN(Cc2ccccc2)C1. The molecule has 3 aromatic carbocycles. The summed E-state index contributed by atoms with van der Waals surface area (Å²) in [7, 11) is -3.72. The summed E-state index contributed by atoms with van der Waals surface area (Å²) in [5, 5.41) is 0. The van der Waals surface area contributed by atoms with E-state index in [1.165, 1.54) is 24.3 Å². The Balaban J connectivity index is 1.75. The van der Waals surface area contributed by atoms with Gasteiger partial charge in [-0.05, 0) is 76.5 Å². The van der Waals surface area contributed by atoms with Gasteiger partial charge in [-0.3, -0.25) is 4.90 Å². The lowest BCUT2D eigenvalue weighted by molar-refractivity contribution is 0.320. The maximum atomic E-state index is 13.8. The van der Waals surface area contributed by atoms with Crippen LogP contribution in [-0.2, 0) is 21.1 Å². The van der Waals surface area contributed by atoms with Gasteiger partial charge in [0.1, 0.15) is 10.6 Å². The van der Waals surface area contributed by atoms with E-state index in [4.69, 9.17) is 0 Å². The monoisotopic (exact) mass is 521 g/mol. The number of hydrogen-bond donors (Lipinski definition) is 0. The van der Waals surface area contributed by atoms with E-state index in [2.05, 4.69) is 39.6 Å². The molecule has 1 aliphatic rings. The van der Waals surface area contributed by atoms with Gasteiger partial charge in [0.15, 0.2) is 9.84 Å². The van der Waals surface area contributed by atoms with Gasteiger partial charge >= 0.3 is 0 Å². The number of hydrogen-bond acceptors (Lipinski definition) is 3. The fourth-order valence-electron chi connectivity index (χ4n) is 4.04. The van der Waals surface area contributed by atoms with E-state index < -0.39 is 20.4 Å². The molecule has 0 bridgehead atoms. The number of nitrogens with zero attached hydrogens (tertiary/aromatic N) is 1. The lowest BCUT2D eigenvalue weighted by Gasteiger charge is -2.30. The summed E-state index contributed by atoms with van der Waals surface area (Å²) in [5.41, 5.74) is 1.95. The molecule has 4 rings (SSSR count). The molecule has 150 valence electrons. The first-order valence-corrected chi connectivity index (χ1v) is 12.0. The molecule has 6 heteroatoms. The molecule has 3 aromatic rings. The lowest BCUT2D eigenvalue weighted by atomic mass is 9.97. The van der Waals surface area contributed by atoms with Crippen molar-refractivity contribution in [3.63, 3.8) is 0 Å². The second-order valence-corrected chi connectivity index (χ2v) is 10.9. The van der Waals surface area contributed by atoms with E-state index in [-0.39, 0.29) is 4.90 Å². The van der Waals surface area contributed by atoms with E-state index in [0.717, 1.165) is 14.7 Å². The van der Waals surface area contributed by atoms with Gasteiger partial charge in [0.2, 0.25) is 0 Å². The molecule has 0 amide bonds. The molecule has 1 aliphatic heterocycles. The van der Waals surface area contributed by atoms with E-state index >= 15 is 0 Å². The van der Waals surface area contributed by atoms with Crippen molar-refractivity contribution in [3.8, 4) is 0 Å². The summed E-state index contributed by atoms with van der Waals surface area (Å²) in [4.78, 5) is 2.35. The Morgan fingerprint density at radius 1 is 0.931 bits per heavy atom. The first-order valence-electron chi connectivity index (χ1n) is 9.43. The molecule has 1 heterocycles. The highest BCUT2D eigenvalue weighted by molar-refractivity contribution is 14.1. The van der Waals surface area contributed by atoms with Gasteiger partial charge in [0.25, 0.3) is 0 Å². The van der Waals surface area contributed by atoms with Crippen LogP contribution in [0.2, 0.25) is 0 Å². The predicted molar refractivity (Wildman–Crippen MR) is 121 cm³/mol. The summed E-state index contributed by atoms with van der Waals surface area (Å²) >= 11 is 2.22. The van der Waals surface area contributed by atoms with Crippen LogP contribution in [0.5, 0.6) is 0 Å². The Morgan fingerprint density at radius 3 is 2.24 bits per heavy atom. The molecule has 1 atom stereocenters. The molecule has 0 saturated carbocycles. The zero-order valence-corrected chi connectivity index (χ0v) is 18.7. The highest BCUT2D eigenvalue weighted by atomic mass is 127. The van der Waals surface area contributed by atoms with Gasteiger partial charge in [-0.1, -0.05) is 42.5 Å². The standard InChI is InChI=1S/C23H21FINO2S/c24-20-8-12-22(13-9-20)29(27,28)23(19-6-10-21(25)11-7-19)14-15-26(17-23)16-18-4-2-1-3-5-18/h1-13H,14-17H2/t23-/m1/s1. The van der Waals surface area contributed by atoms with E-state index in [9.17, 15) is 12.8 Å². The summed E-state index contributed by atoms with van der Waals surface area (Å²) in [6.07, 6.45) is 0.500. The van der Waals surface area contributed by atoms with Crippen molar-refractivity contribution >= 4 is 32.4 Å². The van der Waals surface area contributed by atoms with Gasteiger partial charge < -0.3 is 0 Å². The van der Waals surface area contributed by atoms with Crippen molar-refractivity contribution in [1.82, 2.24) is 4.90 Å². The highest BCUT2D eigenvalue weighted by Gasteiger charge is 2.50. The second-order valence-electron chi connectivity index (χ2n) is 7.40. The average molecular weight is 521 g/mol. The third-order valence-electron chi connectivity index (χ3n) is 5.57. The smallest absolute Gasteiger partial charge is 0.189 e. The fourth-order valence-corrected chi connectivity index (χ4v) is 6.50. The van der Waals surface area contributed by atoms with Crippen LogP contribution in [-0.4, -0.2) is 26.4 Å². The Hall–Kier alpha value is -1.77. The van der Waals surface area contributed by atoms with Crippen LogP contribution >= 0.6 is 22.6 Å². The van der Waals surface area contributed by atoms with Crippen molar-refractivity contribution in [1.29, 1.82) is 0 Å². The van der Waals surface area contributed by atoms with Gasteiger partial charge in [0, 0.05) is 23.2 Å². The molecule has 1 saturated heterocycles. The molecular weight excluding hydrogens is 500 g/mol. The van der Waals surface area contributed by atoms with Gasteiger partial charge in [0.05, 0.1) is 4.90 Å². The molecule has 0 aliphatic carbocycles. The summed E-state index contributed by atoms with van der Waals surface area (Å²) in [6.45, 7) is 1.79. The minimum atomic E-state index is -3.72. The normalized spacial score (nSPS) is 20.1. The second kappa shape index (κ2) is 8.16. The van der Waals surface area contributed by atoms with Crippen LogP contribution in [0.25, 0.3) is 0 Å². The Morgan fingerprint density at radius 2 is 1.59 bits per heavy atom.